The molecule has 4 aromatic carbocycles. The number of halogens is 2. The van der Waals surface area contributed by atoms with Gasteiger partial charge >= 0.3 is 99.8 Å². The second kappa shape index (κ2) is 19.8. The summed E-state index contributed by atoms with van der Waals surface area (Å²) >= 11 is 1.64. The Morgan fingerprint density at radius 1 is 0.568 bits per heavy atom. The Balaban J connectivity index is 0.000000225. The topological polar surface area (TPSA) is 0 Å². The molecule has 0 saturated carbocycles. The van der Waals surface area contributed by atoms with Crippen LogP contribution >= 0.6 is 0 Å². The number of allylic oxidation sites excluding steroid dienone is 8. The summed E-state index contributed by atoms with van der Waals surface area (Å²) in [6.45, 7) is 8.66. The number of rotatable bonds is 6. The van der Waals surface area contributed by atoms with Crippen LogP contribution < -0.4 is 35.2 Å². The molecule has 0 fully saturated rings. The average Bonchev–Trinajstić information content (AvgIpc) is 3.70. The molecular weight excluding hydrogens is 671 g/mol. The van der Waals surface area contributed by atoms with Gasteiger partial charge in [0.15, 0.2) is 0 Å². The third kappa shape index (κ3) is 10.8. The summed E-state index contributed by atoms with van der Waals surface area (Å²) < 4.78 is 0. The average molecular weight is 711 g/mol. The molecule has 0 aliphatic heterocycles. The fourth-order valence-corrected chi connectivity index (χ4v) is 8.91. The van der Waals surface area contributed by atoms with Gasteiger partial charge in [0.25, 0.3) is 0 Å². The first-order valence-electron chi connectivity index (χ1n) is 14.9. The SMILES string of the molecule is CCc1cccc(C2=CC[C-]=C2C)c1.CCc1cccc(C2=CC[C-]=C2C)c1.[Cl-].[Cl-].[Zr+2]=[Si](c1ccccc1)c1ccccc1. The van der Waals surface area contributed by atoms with Crippen molar-refractivity contribution in [1.82, 2.24) is 0 Å². The first-order valence-corrected chi connectivity index (χ1v) is 20.1. The number of benzene rings is 4. The van der Waals surface area contributed by atoms with Crippen molar-refractivity contribution >= 4 is 27.0 Å². The zero-order chi connectivity index (χ0) is 29.7. The van der Waals surface area contributed by atoms with Crippen molar-refractivity contribution < 1.29 is 48.1 Å². The molecule has 0 unspecified atom stereocenters. The summed E-state index contributed by atoms with van der Waals surface area (Å²) in [4.78, 5) is 0. The molecule has 0 N–H and O–H groups in total. The molecule has 0 saturated heterocycles. The van der Waals surface area contributed by atoms with E-state index in [0.717, 1.165) is 25.7 Å². The van der Waals surface area contributed by atoms with E-state index in [1.54, 1.807) is 23.3 Å². The first kappa shape index (κ1) is 37.7. The van der Waals surface area contributed by atoms with Gasteiger partial charge in [-0.15, -0.1) is 24.0 Å². The third-order valence-electron chi connectivity index (χ3n) is 7.57. The van der Waals surface area contributed by atoms with E-state index < -0.39 is 5.43 Å². The van der Waals surface area contributed by atoms with E-state index in [1.807, 2.05) is 0 Å². The molecule has 0 aromatic heterocycles. The van der Waals surface area contributed by atoms with Crippen molar-refractivity contribution in [3.63, 3.8) is 0 Å². The van der Waals surface area contributed by atoms with Gasteiger partial charge < -0.3 is 24.8 Å². The van der Waals surface area contributed by atoms with E-state index in [0.29, 0.717) is 0 Å². The minimum absolute atomic E-state index is 0. The van der Waals surface area contributed by atoms with Crippen LogP contribution in [0.15, 0.2) is 132 Å². The van der Waals surface area contributed by atoms with Gasteiger partial charge in [-0.1, -0.05) is 76.2 Å². The predicted molar refractivity (Wildman–Crippen MR) is 180 cm³/mol. The fourth-order valence-electron chi connectivity index (χ4n) is 5.07. The van der Waals surface area contributed by atoms with Crippen LogP contribution in [-0.2, 0) is 36.2 Å². The van der Waals surface area contributed by atoms with E-state index in [1.165, 1.54) is 54.9 Å². The predicted octanol–water partition coefficient (Wildman–Crippen LogP) is 2.92. The van der Waals surface area contributed by atoms with E-state index in [9.17, 15) is 0 Å². The first-order chi connectivity index (χ1) is 20.5. The minimum atomic E-state index is -0.455. The Bertz CT molecular complexity index is 1490. The summed E-state index contributed by atoms with van der Waals surface area (Å²) in [5, 5.41) is 3.03. The molecule has 4 heteroatoms. The zero-order valence-corrected chi connectivity index (χ0v) is 31.1. The van der Waals surface area contributed by atoms with Gasteiger partial charge in [-0.25, -0.2) is 11.1 Å². The quantitative estimate of drug-likeness (QED) is 0.214. The maximum atomic E-state index is 3.33. The number of hydrogen-bond acceptors (Lipinski definition) is 0. The van der Waals surface area contributed by atoms with Crippen LogP contribution in [0.1, 0.15) is 62.8 Å². The Kier molecular flexibility index (Phi) is 17.0. The number of aryl methyl sites for hydroxylation is 2. The van der Waals surface area contributed by atoms with Gasteiger partial charge in [-0.05, 0) is 24.0 Å². The summed E-state index contributed by atoms with van der Waals surface area (Å²) in [6.07, 6.45) is 15.3. The van der Waals surface area contributed by atoms with Gasteiger partial charge in [0, 0.05) is 0 Å². The molecule has 0 radical (unpaired) electrons. The molecular formula is C40H40Cl2SiZr-2. The Hall–Kier alpha value is -2.48. The second-order valence-electron chi connectivity index (χ2n) is 10.5. The molecule has 224 valence electrons. The van der Waals surface area contributed by atoms with E-state index >= 15 is 0 Å². The Morgan fingerprint density at radius 3 is 1.27 bits per heavy atom. The monoisotopic (exact) mass is 708 g/mol. The standard InChI is InChI=1S/2C14H15.C12H10Si.2ClH.Zr/c2*1-3-12-7-5-8-13(10-12)14-9-4-6-11(14)2;1-3-7-11(8-4-1)13-12-9-5-2-6-10-12;;;/h2*5,7-10H,3-4H2,1-2H3;1-10H;2*1H;/q2*-1;;;;+2/p-2. The van der Waals surface area contributed by atoms with Crippen LogP contribution in [0, 0.1) is 12.2 Å². The normalized spacial score (nSPS) is 12.9. The molecule has 2 aliphatic carbocycles. The van der Waals surface area contributed by atoms with Crippen molar-refractivity contribution in [2.45, 2.75) is 53.4 Å². The van der Waals surface area contributed by atoms with Gasteiger partial charge in [-0.3, -0.25) is 12.2 Å². The maximum absolute atomic E-state index is 3.33. The van der Waals surface area contributed by atoms with E-state index in [-0.39, 0.29) is 24.8 Å². The molecule has 0 spiro atoms. The zero-order valence-electron chi connectivity index (χ0n) is 26.1. The molecule has 0 amide bonds. The fraction of sp³-hybridized carbons (Fsp3) is 0.200. The molecule has 4 aromatic rings. The summed E-state index contributed by atoms with van der Waals surface area (Å²) in [5.41, 5.74) is 10.3. The summed E-state index contributed by atoms with van der Waals surface area (Å²) in [6, 6.07) is 39.2. The van der Waals surface area contributed by atoms with Crippen LogP contribution in [0.5, 0.6) is 0 Å². The van der Waals surface area contributed by atoms with E-state index in [4.69, 9.17) is 0 Å². The van der Waals surface area contributed by atoms with Gasteiger partial charge in [-0.2, -0.15) is 23.3 Å². The summed E-state index contributed by atoms with van der Waals surface area (Å²) in [5.74, 6) is 0. The summed E-state index contributed by atoms with van der Waals surface area (Å²) in [7, 11) is 0. The third-order valence-corrected chi connectivity index (χ3v) is 13.7. The molecule has 0 bridgehead atoms. The van der Waals surface area contributed by atoms with Crippen LogP contribution in [0.3, 0.4) is 0 Å². The van der Waals surface area contributed by atoms with Crippen molar-refractivity contribution in [2.75, 3.05) is 0 Å². The molecule has 2 aliphatic rings. The van der Waals surface area contributed by atoms with Crippen molar-refractivity contribution in [3.8, 4) is 0 Å². The van der Waals surface area contributed by atoms with Crippen molar-refractivity contribution in [2.24, 2.45) is 0 Å². The van der Waals surface area contributed by atoms with Crippen molar-refractivity contribution in [3.05, 3.63) is 167 Å². The molecule has 44 heavy (non-hydrogen) atoms. The van der Waals surface area contributed by atoms with Crippen LogP contribution in [-0.4, -0.2) is 5.43 Å². The molecule has 0 nitrogen and oxygen atoms in total. The van der Waals surface area contributed by atoms with Crippen molar-refractivity contribution in [1.29, 1.82) is 0 Å². The van der Waals surface area contributed by atoms with Gasteiger partial charge in [0.05, 0.1) is 0 Å². The van der Waals surface area contributed by atoms with E-state index in [2.05, 4.69) is 161 Å². The molecule has 0 atom stereocenters. The Morgan fingerprint density at radius 2 is 0.955 bits per heavy atom. The van der Waals surface area contributed by atoms with Gasteiger partial charge in [0.1, 0.15) is 0 Å². The van der Waals surface area contributed by atoms with Crippen LogP contribution in [0.2, 0.25) is 0 Å². The van der Waals surface area contributed by atoms with Gasteiger partial charge in [0.2, 0.25) is 0 Å². The molecule has 0 heterocycles. The van der Waals surface area contributed by atoms with Crippen LogP contribution in [0.4, 0.5) is 0 Å². The van der Waals surface area contributed by atoms with Crippen LogP contribution in [0.25, 0.3) is 11.1 Å². The second-order valence-corrected chi connectivity index (χ2v) is 16.1. The molecule has 6 rings (SSSR count). The number of hydrogen-bond donors (Lipinski definition) is 0. The Labute approximate surface area is 293 Å².